The summed E-state index contributed by atoms with van der Waals surface area (Å²) in [7, 11) is 0. The standard InChI is InChI=1S/C20H38O3/c1-3-5-6-7-8-9-10-11-12-13-14-18(22)20-16-15-19(23-20)17(21)4-2/h4,17-22H,2-3,5-16H2,1H3/t17-,18+,19-,20+/m0/s1. The summed E-state index contributed by atoms with van der Waals surface area (Å²) in [6, 6.07) is 0. The number of aliphatic hydroxyl groups is 2. The van der Waals surface area contributed by atoms with Gasteiger partial charge < -0.3 is 14.9 Å². The first kappa shape index (κ1) is 20.7. The Balaban J connectivity index is 1.94. The van der Waals surface area contributed by atoms with Gasteiger partial charge in [-0.05, 0) is 19.3 Å². The zero-order valence-corrected chi connectivity index (χ0v) is 15.1. The highest BCUT2D eigenvalue weighted by Gasteiger charge is 2.33. The predicted octanol–water partition coefficient (Wildman–Crippen LogP) is 4.75. The molecule has 4 atom stereocenters. The third-order valence-corrected chi connectivity index (χ3v) is 4.99. The van der Waals surface area contributed by atoms with Gasteiger partial charge in [0.05, 0.1) is 24.4 Å². The van der Waals surface area contributed by atoms with Crippen LogP contribution in [0.15, 0.2) is 12.7 Å². The first-order valence-electron chi connectivity index (χ1n) is 9.83. The molecule has 0 unspecified atom stereocenters. The third kappa shape index (κ3) is 8.88. The van der Waals surface area contributed by atoms with E-state index >= 15 is 0 Å². The van der Waals surface area contributed by atoms with E-state index in [1.54, 1.807) is 0 Å². The van der Waals surface area contributed by atoms with Gasteiger partial charge in [0, 0.05) is 0 Å². The number of aliphatic hydroxyl groups excluding tert-OH is 2. The van der Waals surface area contributed by atoms with E-state index in [9.17, 15) is 10.2 Å². The van der Waals surface area contributed by atoms with Crippen molar-refractivity contribution in [1.29, 1.82) is 0 Å². The maximum Gasteiger partial charge on any atom is 0.0980 e. The predicted molar refractivity (Wildman–Crippen MR) is 96.6 cm³/mol. The molecular weight excluding hydrogens is 288 g/mol. The normalized spacial score (nSPS) is 23.8. The van der Waals surface area contributed by atoms with E-state index in [0.29, 0.717) is 0 Å². The average Bonchev–Trinajstić information content (AvgIpc) is 3.05. The Morgan fingerprint density at radius 2 is 1.43 bits per heavy atom. The van der Waals surface area contributed by atoms with Gasteiger partial charge >= 0.3 is 0 Å². The van der Waals surface area contributed by atoms with Crippen LogP contribution in [0.3, 0.4) is 0 Å². The lowest BCUT2D eigenvalue weighted by Gasteiger charge is -2.20. The quantitative estimate of drug-likeness (QED) is 0.358. The minimum atomic E-state index is -0.607. The molecule has 1 aliphatic rings. The number of ether oxygens (including phenoxy) is 1. The summed E-state index contributed by atoms with van der Waals surface area (Å²) >= 11 is 0. The molecule has 0 aromatic heterocycles. The molecule has 1 saturated heterocycles. The molecule has 0 aromatic rings. The van der Waals surface area contributed by atoms with Crippen LogP contribution in [-0.2, 0) is 4.74 Å². The Kier molecular flexibility index (Phi) is 11.7. The molecule has 0 aliphatic carbocycles. The van der Waals surface area contributed by atoms with Crippen molar-refractivity contribution >= 4 is 0 Å². The molecule has 0 amide bonds. The van der Waals surface area contributed by atoms with Crippen LogP contribution in [-0.4, -0.2) is 34.6 Å². The van der Waals surface area contributed by atoms with E-state index in [2.05, 4.69) is 13.5 Å². The van der Waals surface area contributed by atoms with E-state index in [-0.39, 0.29) is 18.3 Å². The maximum absolute atomic E-state index is 10.2. The summed E-state index contributed by atoms with van der Waals surface area (Å²) in [6.45, 7) is 5.85. The fraction of sp³-hybridized carbons (Fsp3) is 0.900. The summed E-state index contributed by atoms with van der Waals surface area (Å²) < 4.78 is 5.75. The Morgan fingerprint density at radius 3 is 2.00 bits per heavy atom. The summed E-state index contributed by atoms with van der Waals surface area (Å²) in [5.74, 6) is 0. The molecule has 0 aromatic carbocycles. The molecule has 23 heavy (non-hydrogen) atoms. The summed E-state index contributed by atoms with van der Waals surface area (Å²) in [4.78, 5) is 0. The lowest BCUT2D eigenvalue weighted by Crippen LogP contribution is -2.30. The molecule has 2 N–H and O–H groups in total. The molecule has 0 radical (unpaired) electrons. The molecule has 1 heterocycles. The second-order valence-corrected chi connectivity index (χ2v) is 7.05. The van der Waals surface area contributed by atoms with Crippen molar-refractivity contribution in [2.45, 2.75) is 115 Å². The van der Waals surface area contributed by atoms with Gasteiger partial charge in [0.2, 0.25) is 0 Å². The van der Waals surface area contributed by atoms with E-state index in [4.69, 9.17) is 4.74 Å². The summed E-state index contributed by atoms with van der Waals surface area (Å²) in [6.07, 6.45) is 15.8. The van der Waals surface area contributed by atoms with Crippen LogP contribution in [0.25, 0.3) is 0 Å². The fourth-order valence-corrected chi connectivity index (χ4v) is 3.40. The highest BCUT2D eigenvalue weighted by molar-refractivity contribution is 4.90. The van der Waals surface area contributed by atoms with Crippen LogP contribution in [0.5, 0.6) is 0 Å². The Hall–Kier alpha value is -0.380. The number of rotatable bonds is 14. The van der Waals surface area contributed by atoms with E-state index in [1.165, 1.54) is 63.9 Å². The Bertz CT molecular complexity index is 293. The van der Waals surface area contributed by atoms with E-state index < -0.39 is 6.10 Å². The summed E-state index contributed by atoms with van der Waals surface area (Å²) in [5, 5.41) is 19.9. The van der Waals surface area contributed by atoms with E-state index in [1.807, 2.05) is 0 Å². The fourth-order valence-electron chi connectivity index (χ4n) is 3.40. The SMILES string of the molecule is C=C[C@H](O)[C@@H]1CC[C@H]([C@H](O)CCCCCCCCCCCC)O1. The van der Waals surface area contributed by atoms with Gasteiger partial charge in [-0.2, -0.15) is 0 Å². The number of unbranched alkanes of at least 4 members (excludes halogenated alkanes) is 9. The van der Waals surface area contributed by atoms with Crippen molar-refractivity contribution in [3.63, 3.8) is 0 Å². The molecule has 0 saturated carbocycles. The minimum Gasteiger partial charge on any atom is -0.390 e. The smallest absolute Gasteiger partial charge is 0.0980 e. The molecular formula is C20H38O3. The van der Waals surface area contributed by atoms with Gasteiger partial charge in [0.15, 0.2) is 0 Å². The van der Waals surface area contributed by atoms with Crippen molar-refractivity contribution in [2.24, 2.45) is 0 Å². The lowest BCUT2D eigenvalue weighted by molar-refractivity contribution is -0.0660. The first-order valence-corrected chi connectivity index (χ1v) is 9.83. The maximum atomic E-state index is 10.2. The van der Waals surface area contributed by atoms with Crippen molar-refractivity contribution in [3.05, 3.63) is 12.7 Å². The third-order valence-electron chi connectivity index (χ3n) is 4.99. The highest BCUT2D eigenvalue weighted by atomic mass is 16.5. The van der Waals surface area contributed by atoms with Crippen LogP contribution in [0.2, 0.25) is 0 Å². The van der Waals surface area contributed by atoms with Crippen molar-refractivity contribution < 1.29 is 14.9 Å². The highest BCUT2D eigenvalue weighted by Crippen LogP contribution is 2.26. The van der Waals surface area contributed by atoms with Gasteiger partial charge in [-0.25, -0.2) is 0 Å². The zero-order chi connectivity index (χ0) is 16.9. The molecule has 0 bridgehead atoms. The van der Waals surface area contributed by atoms with E-state index in [0.717, 1.165) is 25.7 Å². The zero-order valence-electron chi connectivity index (χ0n) is 15.1. The molecule has 1 fully saturated rings. The van der Waals surface area contributed by atoms with Crippen molar-refractivity contribution in [3.8, 4) is 0 Å². The number of hydrogen-bond donors (Lipinski definition) is 2. The van der Waals surface area contributed by atoms with Crippen LogP contribution in [0.1, 0.15) is 90.4 Å². The molecule has 136 valence electrons. The van der Waals surface area contributed by atoms with Gasteiger partial charge in [0.25, 0.3) is 0 Å². The molecule has 0 spiro atoms. The van der Waals surface area contributed by atoms with Crippen LogP contribution >= 0.6 is 0 Å². The largest absolute Gasteiger partial charge is 0.390 e. The topological polar surface area (TPSA) is 49.7 Å². The van der Waals surface area contributed by atoms with Gasteiger partial charge in [-0.1, -0.05) is 77.2 Å². The van der Waals surface area contributed by atoms with Gasteiger partial charge in [-0.3, -0.25) is 0 Å². The van der Waals surface area contributed by atoms with Crippen molar-refractivity contribution in [1.82, 2.24) is 0 Å². The Labute approximate surface area is 143 Å². The van der Waals surface area contributed by atoms with Crippen molar-refractivity contribution in [2.75, 3.05) is 0 Å². The van der Waals surface area contributed by atoms with Crippen LogP contribution in [0, 0.1) is 0 Å². The second kappa shape index (κ2) is 13.0. The van der Waals surface area contributed by atoms with Gasteiger partial charge in [0.1, 0.15) is 0 Å². The first-order chi connectivity index (χ1) is 11.2. The van der Waals surface area contributed by atoms with Gasteiger partial charge in [-0.15, -0.1) is 6.58 Å². The average molecular weight is 327 g/mol. The molecule has 3 heteroatoms. The molecule has 1 aliphatic heterocycles. The second-order valence-electron chi connectivity index (χ2n) is 7.05. The van der Waals surface area contributed by atoms with Crippen LogP contribution in [0.4, 0.5) is 0 Å². The van der Waals surface area contributed by atoms with Crippen LogP contribution < -0.4 is 0 Å². The number of hydrogen-bond acceptors (Lipinski definition) is 3. The lowest BCUT2D eigenvalue weighted by atomic mass is 10.0. The Morgan fingerprint density at radius 1 is 0.913 bits per heavy atom. The molecule has 1 rings (SSSR count). The summed E-state index contributed by atoms with van der Waals surface area (Å²) in [5.41, 5.74) is 0. The monoisotopic (exact) mass is 326 g/mol. The molecule has 3 nitrogen and oxygen atoms in total. The minimum absolute atomic E-state index is 0.104.